The summed E-state index contributed by atoms with van der Waals surface area (Å²) in [6.07, 6.45) is 0. The number of halogens is 2. The molecular formula is C21H20F2N3O2S. The van der Waals surface area contributed by atoms with Crippen molar-refractivity contribution in [1.29, 1.82) is 0 Å². The number of nitrogens with one attached hydrogen (secondary N) is 1. The summed E-state index contributed by atoms with van der Waals surface area (Å²) in [7, 11) is 0. The predicted octanol–water partition coefficient (Wildman–Crippen LogP) is 4.65. The van der Waals surface area contributed by atoms with Crippen molar-refractivity contribution in [2.45, 2.75) is 26.4 Å². The van der Waals surface area contributed by atoms with Crippen LogP contribution in [0.15, 0.2) is 30.3 Å². The number of primary amides is 1. The molecule has 4 N–H and O–H groups in total. The first-order valence-corrected chi connectivity index (χ1v) is 9.51. The lowest BCUT2D eigenvalue weighted by Crippen LogP contribution is -2.16. The van der Waals surface area contributed by atoms with Crippen LogP contribution in [-0.4, -0.2) is 16.0 Å². The highest BCUT2D eigenvalue weighted by Gasteiger charge is 2.24. The summed E-state index contributed by atoms with van der Waals surface area (Å²) in [5.41, 5.74) is 5.41. The van der Waals surface area contributed by atoms with Gasteiger partial charge in [-0.05, 0) is 63.1 Å². The zero-order valence-electron chi connectivity index (χ0n) is 16.1. The van der Waals surface area contributed by atoms with E-state index in [1.165, 1.54) is 19.9 Å². The second kappa shape index (κ2) is 7.53. The Balaban J connectivity index is 2.07. The molecule has 5 nitrogen and oxygen atoms in total. The number of aryl methyl sites for hydroxylation is 1. The average molecular weight is 416 g/mol. The third-order valence-corrected chi connectivity index (χ3v) is 5.50. The molecule has 8 heteroatoms. The molecule has 2 heterocycles. The summed E-state index contributed by atoms with van der Waals surface area (Å²) in [5, 5.41) is 13.3. The van der Waals surface area contributed by atoms with Crippen LogP contribution in [0, 0.1) is 25.5 Å². The van der Waals surface area contributed by atoms with Crippen molar-refractivity contribution in [3.05, 3.63) is 71.3 Å². The molecule has 0 spiro atoms. The lowest BCUT2D eigenvalue weighted by atomic mass is 9.96. The molecule has 0 saturated carbocycles. The fourth-order valence-electron chi connectivity index (χ4n) is 2.73. The van der Waals surface area contributed by atoms with Crippen LogP contribution in [0.5, 0.6) is 0 Å². The number of carbonyl (C=O) groups is 1. The van der Waals surface area contributed by atoms with E-state index in [0.29, 0.717) is 16.5 Å². The number of thiophene rings is 1. The zero-order valence-corrected chi connectivity index (χ0v) is 17.0. The van der Waals surface area contributed by atoms with Gasteiger partial charge in [-0.2, -0.15) is 0 Å². The molecule has 151 valence electrons. The van der Waals surface area contributed by atoms with E-state index in [9.17, 15) is 18.7 Å². The summed E-state index contributed by atoms with van der Waals surface area (Å²) in [4.78, 5) is 16.4. The average Bonchev–Trinajstić information content (AvgIpc) is 3.00. The Morgan fingerprint density at radius 1 is 1.24 bits per heavy atom. The first-order chi connectivity index (χ1) is 13.5. The molecule has 1 radical (unpaired) electrons. The maximum absolute atomic E-state index is 14.7. The minimum Gasteiger partial charge on any atom is -0.386 e. The van der Waals surface area contributed by atoms with Gasteiger partial charge in [-0.25, -0.2) is 13.8 Å². The van der Waals surface area contributed by atoms with E-state index >= 15 is 0 Å². The molecule has 0 atom stereocenters. The third kappa shape index (κ3) is 4.28. The van der Waals surface area contributed by atoms with Gasteiger partial charge in [0.25, 0.3) is 5.91 Å². The number of anilines is 2. The van der Waals surface area contributed by atoms with E-state index in [2.05, 4.69) is 17.2 Å². The van der Waals surface area contributed by atoms with Crippen molar-refractivity contribution in [2.24, 2.45) is 5.73 Å². The zero-order chi connectivity index (χ0) is 21.5. The van der Waals surface area contributed by atoms with Crippen molar-refractivity contribution in [1.82, 2.24) is 4.98 Å². The van der Waals surface area contributed by atoms with E-state index in [4.69, 9.17) is 5.73 Å². The molecule has 1 amide bonds. The third-order valence-electron chi connectivity index (χ3n) is 4.43. The maximum Gasteiger partial charge on any atom is 0.251 e. The smallest absolute Gasteiger partial charge is 0.251 e. The number of hydrogen-bond donors (Lipinski definition) is 3. The number of carbonyl (C=O) groups excluding carboxylic acids is 1. The van der Waals surface area contributed by atoms with Crippen LogP contribution < -0.4 is 11.1 Å². The summed E-state index contributed by atoms with van der Waals surface area (Å²) < 4.78 is 29.4. The Hall–Kier alpha value is -2.84. The second-order valence-corrected chi connectivity index (χ2v) is 8.21. The van der Waals surface area contributed by atoms with Crippen LogP contribution in [0.3, 0.4) is 0 Å². The van der Waals surface area contributed by atoms with Gasteiger partial charge < -0.3 is 16.2 Å². The molecule has 29 heavy (non-hydrogen) atoms. The summed E-state index contributed by atoms with van der Waals surface area (Å²) in [6, 6.07) is 6.93. The number of pyridine rings is 1. The molecule has 0 bridgehead atoms. The fourth-order valence-corrected chi connectivity index (χ4v) is 3.85. The van der Waals surface area contributed by atoms with Crippen LogP contribution in [0.2, 0.25) is 0 Å². The highest BCUT2D eigenvalue weighted by Crippen LogP contribution is 2.40. The van der Waals surface area contributed by atoms with Crippen molar-refractivity contribution in [2.75, 3.05) is 5.32 Å². The van der Waals surface area contributed by atoms with Gasteiger partial charge in [-0.1, -0.05) is 6.07 Å². The monoisotopic (exact) mass is 416 g/mol. The lowest BCUT2D eigenvalue weighted by Gasteiger charge is -2.18. The molecular weight excluding hydrogens is 396 g/mol. The van der Waals surface area contributed by atoms with Crippen LogP contribution in [0.1, 0.15) is 41.0 Å². The van der Waals surface area contributed by atoms with Crippen molar-refractivity contribution >= 4 is 28.1 Å². The molecule has 0 aliphatic rings. The van der Waals surface area contributed by atoms with E-state index in [-0.39, 0.29) is 21.6 Å². The van der Waals surface area contributed by atoms with Gasteiger partial charge in [0.1, 0.15) is 22.5 Å². The molecule has 2 aromatic heterocycles. The number of amides is 1. The van der Waals surface area contributed by atoms with E-state index in [0.717, 1.165) is 29.0 Å². The van der Waals surface area contributed by atoms with Gasteiger partial charge in [-0.3, -0.25) is 4.79 Å². The molecule has 0 saturated heterocycles. The number of benzene rings is 1. The summed E-state index contributed by atoms with van der Waals surface area (Å²) in [6.45, 7) is 8.50. The van der Waals surface area contributed by atoms with Gasteiger partial charge in [0.05, 0.1) is 16.7 Å². The van der Waals surface area contributed by atoms with Gasteiger partial charge >= 0.3 is 0 Å². The quantitative estimate of drug-likeness (QED) is 0.565. The van der Waals surface area contributed by atoms with Crippen LogP contribution in [0.25, 0.3) is 10.4 Å². The highest BCUT2D eigenvalue weighted by molar-refractivity contribution is 7.20. The van der Waals surface area contributed by atoms with Gasteiger partial charge in [0, 0.05) is 10.6 Å². The predicted molar refractivity (Wildman–Crippen MR) is 110 cm³/mol. The Kier molecular flexibility index (Phi) is 5.42. The number of nitrogens with two attached hydrogens (primary N) is 1. The Morgan fingerprint density at radius 2 is 1.86 bits per heavy atom. The lowest BCUT2D eigenvalue weighted by molar-refractivity contribution is 0.0778. The number of nitrogens with zero attached hydrogens (tertiary/aromatic N) is 1. The van der Waals surface area contributed by atoms with E-state index in [1.54, 1.807) is 19.1 Å². The summed E-state index contributed by atoms with van der Waals surface area (Å²) >= 11 is 0.977. The molecule has 3 aromatic rings. The van der Waals surface area contributed by atoms with Crippen molar-refractivity contribution in [3.63, 3.8) is 0 Å². The van der Waals surface area contributed by atoms with Gasteiger partial charge in [-0.15, -0.1) is 11.3 Å². The molecule has 0 unspecified atom stereocenters. The fraction of sp³-hybridized carbons (Fsp3) is 0.190. The molecule has 1 aromatic carbocycles. The summed E-state index contributed by atoms with van der Waals surface area (Å²) in [5.74, 6) is -1.98. The number of hydrogen-bond acceptors (Lipinski definition) is 5. The standard InChI is InChI=1S/C21H20F2N3O2S/c1-10-5-6-17(25-11(10)2)26-20-13(19(24)27)9-16(29-20)18-14(22)7-12(8-15(18)23)21(3,4)28/h5-9,28H,1H2,2-4H3,(H2,24,27)(H,25,26). The second-order valence-electron chi connectivity index (χ2n) is 7.16. The van der Waals surface area contributed by atoms with Gasteiger partial charge in [0.15, 0.2) is 0 Å². The Labute approximate surface area is 171 Å². The first-order valence-electron chi connectivity index (χ1n) is 8.70. The first kappa shape index (κ1) is 20.9. The van der Waals surface area contributed by atoms with Crippen LogP contribution in [-0.2, 0) is 5.60 Å². The minimum absolute atomic E-state index is 0.0912. The number of aromatic nitrogens is 1. The van der Waals surface area contributed by atoms with Crippen LogP contribution >= 0.6 is 11.3 Å². The Bertz CT molecular complexity index is 1080. The Morgan fingerprint density at radius 3 is 2.38 bits per heavy atom. The molecule has 0 aliphatic heterocycles. The largest absolute Gasteiger partial charge is 0.386 e. The van der Waals surface area contributed by atoms with E-state index in [1.807, 2.05) is 0 Å². The normalized spacial score (nSPS) is 11.6. The molecule has 0 fully saturated rings. The topological polar surface area (TPSA) is 88.2 Å². The number of aliphatic hydroxyl groups is 1. The maximum atomic E-state index is 14.7. The van der Waals surface area contributed by atoms with Crippen molar-refractivity contribution < 1.29 is 18.7 Å². The van der Waals surface area contributed by atoms with Crippen LogP contribution in [0.4, 0.5) is 19.6 Å². The highest BCUT2D eigenvalue weighted by atomic mass is 32.1. The SMILES string of the molecule is [CH2]c1ccc(Nc2sc(-c3c(F)cc(C(C)(C)O)cc3F)cc2C(N)=O)nc1C. The molecule has 3 rings (SSSR count). The molecule has 0 aliphatic carbocycles. The van der Waals surface area contributed by atoms with Gasteiger partial charge in [0.2, 0.25) is 0 Å². The minimum atomic E-state index is -1.40. The van der Waals surface area contributed by atoms with Crippen molar-refractivity contribution in [3.8, 4) is 10.4 Å². The number of rotatable bonds is 5. The van der Waals surface area contributed by atoms with E-state index < -0.39 is 23.1 Å².